The van der Waals surface area contributed by atoms with Crippen LogP contribution in [0.25, 0.3) is 0 Å². The minimum absolute atomic E-state index is 0.0840. The molecule has 0 spiro atoms. The molecule has 55 heavy (non-hydrogen) atoms. The predicted octanol–water partition coefficient (Wildman–Crippen LogP) is 5.28. The Kier molecular flexibility index (Phi) is 12.6. The van der Waals surface area contributed by atoms with Crippen molar-refractivity contribution >= 4 is 0 Å². The molecule has 5 saturated heterocycles. The molecule has 0 aliphatic carbocycles. The quantitative estimate of drug-likeness (QED) is 0.190. The van der Waals surface area contributed by atoms with E-state index in [9.17, 15) is 15.2 Å². The number of hydrogen-bond donors (Lipinski definition) is 2. The molecule has 306 valence electrons. The van der Waals surface area contributed by atoms with E-state index < -0.39 is 5.54 Å². The second-order valence-corrected chi connectivity index (χ2v) is 16.7. The second-order valence-electron chi connectivity index (χ2n) is 16.7. The van der Waals surface area contributed by atoms with Crippen LogP contribution in [0.2, 0.25) is 0 Å². The molecular formula is C39H59N5O11. The summed E-state index contributed by atoms with van der Waals surface area (Å²) in [5.74, 6) is 2.37. The topological polar surface area (TPSA) is 171 Å². The first-order valence-electron chi connectivity index (χ1n) is 19.1. The first-order chi connectivity index (χ1) is 26.2. The zero-order valence-electron chi connectivity index (χ0n) is 33.2. The van der Waals surface area contributed by atoms with Crippen molar-refractivity contribution in [1.82, 2.24) is 20.0 Å². The number of nitrogens with zero attached hydrogens (tertiary/aromatic N) is 4. The van der Waals surface area contributed by atoms with E-state index >= 15 is 0 Å². The Morgan fingerprint density at radius 1 is 0.782 bits per heavy atom. The van der Waals surface area contributed by atoms with E-state index in [-0.39, 0.29) is 52.4 Å². The first-order valence-corrected chi connectivity index (χ1v) is 19.1. The van der Waals surface area contributed by atoms with Crippen LogP contribution < -0.4 is 5.32 Å². The molecule has 16 heteroatoms. The molecule has 0 radical (unpaired) electrons. The molecule has 4 atom stereocenters. The standard InChI is InChI=1S/C15H17NO4.C14H27N3O4.C10H15NO3/c1-2-15-9-19-13(11-5-3-7-17-11)16(15)14(20-10-15)12-6-4-8-18-12;1-12(2)8-20-10-15(12)6-14(5,17(18)19)7-16-11-21-9-13(16,3)4;1-2-10(6-12)7-14-9(11-10)8-4-3-5-13-8/h3-8,13-14H,2,9-10H2,1H3;6-11H2,1-5H3;3-5,9,11-12H,2,6-7H2,1H3. The number of aliphatic hydroxyl groups excluding tert-OH is 1. The highest BCUT2D eigenvalue weighted by atomic mass is 16.6. The lowest BCUT2D eigenvalue weighted by molar-refractivity contribution is -0.567. The summed E-state index contributed by atoms with van der Waals surface area (Å²) in [7, 11) is 0. The van der Waals surface area contributed by atoms with Crippen molar-refractivity contribution in [1.29, 1.82) is 0 Å². The van der Waals surface area contributed by atoms with Crippen LogP contribution in [0.1, 0.15) is 97.3 Å². The third kappa shape index (κ3) is 8.73. The molecule has 0 saturated carbocycles. The van der Waals surface area contributed by atoms with E-state index in [1.807, 2.05) is 43.3 Å². The van der Waals surface area contributed by atoms with E-state index in [4.69, 9.17) is 36.9 Å². The number of rotatable bonds is 11. The van der Waals surface area contributed by atoms with Crippen LogP contribution in [-0.2, 0) is 23.7 Å². The summed E-state index contributed by atoms with van der Waals surface area (Å²) in [5, 5.41) is 24.2. The normalized spacial score (nSPS) is 30.5. The number of hydrogen-bond acceptors (Lipinski definition) is 15. The number of furan rings is 3. The van der Waals surface area contributed by atoms with Crippen LogP contribution in [0.3, 0.4) is 0 Å². The predicted molar refractivity (Wildman–Crippen MR) is 199 cm³/mol. The third-order valence-electron chi connectivity index (χ3n) is 11.7. The zero-order valence-corrected chi connectivity index (χ0v) is 33.2. The number of nitrogens with one attached hydrogen (secondary N) is 1. The van der Waals surface area contributed by atoms with Gasteiger partial charge in [-0.2, -0.15) is 0 Å². The number of aliphatic hydroxyl groups is 1. The van der Waals surface area contributed by atoms with Crippen LogP contribution in [-0.4, -0.2) is 119 Å². The van der Waals surface area contributed by atoms with E-state index in [2.05, 4.69) is 54.6 Å². The Balaban J connectivity index is 0.000000143. The van der Waals surface area contributed by atoms with Gasteiger partial charge in [0.1, 0.15) is 17.3 Å². The fourth-order valence-corrected chi connectivity index (χ4v) is 7.58. The van der Waals surface area contributed by atoms with Crippen molar-refractivity contribution in [3.05, 3.63) is 82.6 Å². The van der Waals surface area contributed by atoms with Crippen molar-refractivity contribution in [3.8, 4) is 0 Å². The molecule has 16 nitrogen and oxygen atoms in total. The summed E-state index contributed by atoms with van der Waals surface area (Å²) < 4.78 is 44.8. The Hall–Kier alpha value is -3.16. The van der Waals surface area contributed by atoms with Gasteiger partial charge in [-0.15, -0.1) is 0 Å². The van der Waals surface area contributed by atoms with Gasteiger partial charge in [0.05, 0.1) is 96.1 Å². The maximum Gasteiger partial charge on any atom is 0.244 e. The highest BCUT2D eigenvalue weighted by molar-refractivity contribution is 5.15. The summed E-state index contributed by atoms with van der Waals surface area (Å²) in [6.07, 6.45) is 6.09. The van der Waals surface area contributed by atoms with Crippen LogP contribution in [0.5, 0.6) is 0 Å². The summed E-state index contributed by atoms with van der Waals surface area (Å²) in [5.41, 5.74) is -1.77. The van der Waals surface area contributed by atoms with Gasteiger partial charge in [-0.3, -0.25) is 25.2 Å². The Morgan fingerprint density at radius 3 is 1.62 bits per heavy atom. The lowest BCUT2D eigenvalue weighted by atomic mass is 9.95. The third-order valence-corrected chi connectivity index (χ3v) is 11.7. The molecule has 5 aliphatic rings. The number of fused-ring (bicyclic) bond motifs is 1. The van der Waals surface area contributed by atoms with Crippen LogP contribution in [0.15, 0.2) is 68.4 Å². The minimum atomic E-state index is -1.05. The van der Waals surface area contributed by atoms with Gasteiger partial charge >= 0.3 is 0 Å². The van der Waals surface area contributed by atoms with E-state index in [0.29, 0.717) is 59.6 Å². The smallest absolute Gasteiger partial charge is 0.244 e. The van der Waals surface area contributed by atoms with Gasteiger partial charge in [0.2, 0.25) is 5.54 Å². The zero-order chi connectivity index (χ0) is 39.5. The highest BCUT2D eigenvalue weighted by Gasteiger charge is 2.57. The maximum atomic E-state index is 11.7. The molecule has 8 rings (SSSR count). The average molecular weight is 774 g/mol. The van der Waals surface area contributed by atoms with Gasteiger partial charge in [-0.05, 0) is 76.9 Å². The SMILES string of the molecule is CC1(C)COCN1CC(C)(CN1COCC1(C)C)[N+](=O)[O-].CCC1(CO)COC(c2ccco2)N1.CCC12COC(c3ccco3)N1C(c1ccco1)OC2. The summed E-state index contributed by atoms with van der Waals surface area (Å²) in [6, 6.07) is 11.3. The van der Waals surface area contributed by atoms with E-state index in [0.717, 1.165) is 30.1 Å². The summed E-state index contributed by atoms with van der Waals surface area (Å²) in [6.45, 7) is 18.9. The molecule has 4 unspecified atom stereocenters. The molecule has 0 aromatic carbocycles. The monoisotopic (exact) mass is 773 g/mol. The van der Waals surface area contributed by atoms with Crippen molar-refractivity contribution < 1.29 is 47.0 Å². The van der Waals surface area contributed by atoms with E-state index in [1.165, 1.54) is 0 Å². The Labute approximate surface area is 323 Å². The van der Waals surface area contributed by atoms with Gasteiger partial charge < -0.3 is 42.0 Å². The lowest BCUT2D eigenvalue weighted by Crippen LogP contribution is -2.58. The molecule has 8 heterocycles. The van der Waals surface area contributed by atoms with Crippen molar-refractivity contribution in [2.24, 2.45) is 0 Å². The second kappa shape index (κ2) is 16.7. The molecule has 2 N–H and O–H groups in total. The molecular weight excluding hydrogens is 714 g/mol. The molecule has 3 aromatic heterocycles. The molecule has 5 fully saturated rings. The van der Waals surface area contributed by atoms with Crippen LogP contribution in [0.4, 0.5) is 0 Å². The summed E-state index contributed by atoms with van der Waals surface area (Å²) >= 11 is 0. The molecule has 0 amide bonds. The summed E-state index contributed by atoms with van der Waals surface area (Å²) in [4.78, 5) is 17.9. The Bertz CT molecular complexity index is 1550. The number of nitro groups is 1. The molecule has 0 bridgehead atoms. The number of ether oxygens (including phenoxy) is 5. The first kappa shape index (κ1) is 41.5. The van der Waals surface area contributed by atoms with Crippen molar-refractivity contribution in [2.45, 2.75) is 108 Å². The van der Waals surface area contributed by atoms with Gasteiger partial charge in [-0.1, -0.05) is 13.8 Å². The largest absolute Gasteiger partial charge is 0.465 e. The Morgan fingerprint density at radius 2 is 1.27 bits per heavy atom. The van der Waals surface area contributed by atoms with E-state index in [1.54, 1.807) is 25.7 Å². The van der Waals surface area contributed by atoms with Gasteiger partial charge in [0.15, 0.2) is 18.7 Å². The highest BCUT2D eigenvalue weighted by Crippen LogP contribution is 2.50. The maximum absolute atomic E-state index is 11.7. The van der Waals surface area contributed by atoms with Crippen molar-refractivity contribution in [3.63, 3.8) is 0 Å². The fraction of sp³-hybridized carbons (Fsp3) is 0.692. The lowest BCUT2D eigenvalue weighted by Gasteiger charge is -2.37. The van der Waals surface area contributed by atoms with Crippen molar-refractivity contribution in [2.75, 3.05) is 66.2 Å². The average Bonchev–Trinajstić information content (AvgIpc) is 3.99. The minimum Gasteiger partial charge on any atom is -0.465 e. The van der Waals surface area contributed by atoms with Crippen LogP contribution in [0, 0.1) is 10.1 Å². The van der Waals surface area contributed by atoms with Gasteiger partial charge in [0.25, 0.3) is 0 Å². The molecule has 3 aromatic rings. The fourth-order valence-electron chi connectivity index (χ4n) is 7.58. The van der Waals surface area contributed by atoms with Gasteiger partial charge in [0, 0.05) is 22.9 Å². The van der Waals surface area contributed by atoms with Gasteiger partial charge in [-0.25, -0.2) is 4.90 Å². The van der Waals surface area contributed by atoms with Crippen LogP contribution >= 0.6 is 0 Å². The molecule has 5 aliphatic heterocycles.